The molecule has 7 heteroatoms. The van der Waals surface area contributed by atoms with Crippen molar-refractivity contribution in [1.29, 1.82) is 0 Å². The normalized spacial score (nSPS) is 11.4. The first-order chi connectivity index (χ1) is 8.88. The molecule has 0 atom stereocenters. The third kappa shape index (κ3) is 3.89. The van der Waals surface area contributed by atoms with Crippen LogP contribution in [-0.2, 0) is 18.8 Å². The van der Waals surface area contributed by atoms with Gasteiger partial charge in [0.15, 0.2) is 0 Å². The van der Waals surface area contributed by atoms with E-state index in [1.807, 2.05) is 12.1 Å². The second kappa shape index (κ2) is 6.06. The van der Waals surface area contributed by atoms with Gasteiger partial charge < -0.3 is 0 Å². The summed E-state index contributed by atoms with van der Waals surface area (Å²) in [5.74, 6) is 0.539. The fourth-order valence-corrected chi connectivity index (χ4v) is 4.75. The van der Waals surface area contributed by atoms with Gasteiger partial charge in [-0.1, -0.05) is 0 Å². The average molecular weight is 484 g/mol. The molecule has 0 spiro atoms. The molecular weight excluding hydrogens is 472 g/mol. The van der Waals surface area contributed by atoms with Gasteiger partial charge in [0.1, 0.15) is 0 Å². The van der Waals surface area contributed by atoms with Crippen molar-refractivity contribution in [2.24, 2.45) is 0 Å². The fraction of sp³-hybridized carbons (Fsp3) is 0.167. The van der Waals surface area contributed by atoms with Crippen molar-refractivity contribution in [3.63, 3.8) is 0 Å². The number of nitrogens with zero attached hydrogens (tertiary/aromatic N) is 2. The quantitative estimate of drug-likeness (QED) is 0.531. The Morgan fingerprint density at radius 2 is 1.89 bits per heavy atom. The summed E-state index contributed by atoms with van der Waals surface area (Å²) in [6, 6.07) is 8.24. The van der Waals surface area contributed by atoms with E-state index in [2.05, 4.69) is 40.7 Å². The minimum absolute atomic E-state index is 0.181. The first-order valence-corrected chi connectivity index (χ1v) is 12.8. The van der Waals surface area contributed by atoms with Crippen molar-refractivity contribution in [2.75, 3.05) is 18.6 Å². The van der Waals surface area contributed by atoms with E-state index in [1.165, 1.54) is 11.5 Å². The van der Waals surface area contributed by atoms with Gasteiger partial charge in [0, 0.05) is 0 Å². The Labute approximate surface area is 132 Å². The zero-order valence-electron chi connectivity index (χ0n) is 10.4. The number of hydrogen-bond donors (Lipinski definition) is 1. The number of para-hydroxylation sites is 1. The van der Waals surface area contributed by atoms with Crippen LogP contribution in [0.5, 0.6) is 0 Å². The van der Waals surface area contributed by atoms with E-state index in [4.69, 9.17) is 23.2 Å². The van der Waals surface area contributed by atoms with Crippen molar-refractivity contribution in [2.45, 2.75) is 0 Å². The summed E-state index contributed by atoms with van der Waals surface area (Å²) in [5, 5.41) is 5.23. The van der Waals surface area contributed by atoms with Gasteiger partial charge in [0.25, 0.3) is 0 Å². The molecule has 2 rings (SSSR count). The molecule has 0 bridgehead atoms. The number of anilines is 2. The van der Waals surface area contributed by atoms with Crippen LogP contribution < -0.4 is 10.6 Å². The summed E-state index contributed by atoms with van der Waals surface area (Å²) in [4.78, 5) is 6.90. The molecule has 0 aliphatic carbocycles. The van der Waals surface area contributed by atoms with Gasteiger partial charge in [-0.25, -0.2) is 0 Å². The number of benzene rings is 1. The van der Waals surface area contributed by atoms with Crippen LogP contribution >= 0.6 is 28.1 Å². The van der Waals surface area contributed by atoms with Crippen LogP contribution in [0.25, 0.3) is 0 Å². The Balaban J connectivity index is 2.44. The van der Waals surface area contributed by atoms with Crippen LogP contribution in [0.4, 0.5) is 11.5 Å². The second-order valence-corrected chi connectivity index (χ2v) is 18.1. The first-order valence-electron chi connectivity index (χ1n) is 5.47. The van der Waals surface area contributed by atoms with Crippen molar-refractivity contribution in [3.8, 4) is 0 Å². The minimum atomic E-state index is -1.07. The van der Waals surface area contributed by atoms with E-state index in [9.17, 15) is 0 Å². The van der Waals surface area contributed by atoms with Gasteiger partial charge in [-0.2, -0.15) is 0 Å². The second-order valence-electron chi connectivity index (χ2n) is 4.33. The summed E-state index contributed by atoms with van der Waals surface area (Å²) in [6.45, 7) is 4.61. The molecule has 0 saturated carbocycles. The summed E-state index contributed by atoms with van der Waals surface area (Å²) >= 11 is 13.5. The summed E-state index contributed by atoms with van der Waals surface area (Å²) in [7, 11) is 0. The van der Waals surface area contributed by atoms with E-state index >= 15 is 0 Å². The van der Waals surface area contributed by atoms with Gasteiger partial charge in [0.05, 0.1) is 0 Å². The third-order valence-corrected chi connectivity index (χ3v) is 6.58. The van der Waals surface area contributed by atoms with Gasteiger partial charge in [0.2, 0.25) is 0 Å². The summed E-state index contributed by atoms with van der Waals surface area (Å²) < 4.78 is 0. The topological polar surface area (TPSA) is 37.8 Å². The standard InChI is InChI=1S/C12H12Cl2N3P.W/c1-18(2)10-6-4-3-5-9(10)16-11-8(13)7-15-12(14)17-11;/h3-7H,1-2H3,(H,15,16,17);. The molecule has 19 heavy (non-hydrogen) atoms. The summed E-state index contributed by atoms with van der Waals surface area (Å²) in [5.41, 5.74) is 1.03. The fourth-order valence-electron chi connectivity index (χ4n) is 1.61. The van der Waals surface area contributed by atoms with E-state index in [0.29, 0.717) is 10.8 Å². The van der Waals surface area contributed by atoms with E-state index < -0.39 is 4.90 Å². The third-order valence-electron chi connectivity index (χ3n) is 2.45. The molecule has 0 aliphatic rings. The maximum absolute atomic E-state index is 6.08. The Kier molecular flexibility index (Phi) is 4.84. The Morgan fingerprint density at radius 3 is 2.58 bits per heavy atom. The maximum atomic E-state index is 6.08. The molecule has 1 aromatic heterocycles. The SMILES string of the molecule is C[P](C)(=[W])c1ccccc1Nc1nc(Cl)ncc1Cl. The van der Waals surface area contributed by atoms with Crippen LogP contribution in [0, 0.1) is 0 Å². The van der Waals surface area contributed by atoms with Crippen molar-refractivity contribution >= 4 is 44.9 Å². The van der Waals surface area contributed by atoms with E-state index in [1.54, 1.807) is 18.8 Å². The molecule has 100 valence electrons. The Hall–Kier alpha value is -0.202. The summed E-state index contributed by atoms with van der Waals surface area (Å²) in [6.07, 6.45) is 1.50. The van der Waals surface area contributed by atoms with Crippen LogP contribution in [0.3, 0.4) is 0 Å². The van der Waals surface area contributed by atoms with Crippen molar-refractivity contribution in [1.82, 2.24) is 9.97 Å². The van der Waals surface area contributed by atoms with Gasteiger partial charge in [-0.05, 0) is 0 Å². The Bertz CT molecular complexity index is 657. The van der Waals surface area contributed by atoms with Crippen molar-refractivity contribution in [3.05, 3.63) is 40.8 Å². The average Bonchev–Trinajstić information content (AvgIpc) is 2.33. The molecule has 0 saturated heterocycles. The van der Waals surface area contributed by atoms with E-state index in [-0.39, 0.29) is 5.28 Å². The molecule has 0 fully saturated rings. The van der Waals surface area contributed by atoms with Gasteiger partial charge >= 0.3 is 133 Å². The van der Waals surface area contributed by atoms with Gasteiger partial charge in [-0.3, -0.25) is 0 Å². The molecule has 1 N–H and O–H groups in total. The zero-order valence-corrected chi connectivity index (χ0v) is 15.7. The predicted molar refractivity (Wildman–Crippen MR) is 80.2 cm³/mol. The van der Waals surface area contributed by atoms with Crippen LogP contribution in [0.2, 0.25) is 10.3 Å². The molecular formula is C12H12Cl2N3PW. The molecule has 1 aromatic carbocycles. The monoisotopic (exact) mass is 483 g/mol. The molecule has 0 aliphatic heterocycles. The number of halogens is 2. The predicted octanol–water partition coefficient (Wildman–Crippen LogP) is 3.89. The molecule has 0 unspecified atom stereocenters. The first kappa shape index (κ1) is 15.2. The van der Waals surface area contributed by atoms with E-state index in [0.717, 1.165) is 5.69 Å². The van der Waals surface area contributed by atoms with Gasteiger partial charge in [-0.15, -0.1) is 0 Å². The zero-order chi connectivity index (χ0) is 14.0. The molecule has 3 nitrogen and oxygen atoms in total. The number of hydrogen-bond acceptors (Lipinski definition) is 3. The van der Waals surface area contributed by atoms with Crippen LogP contribution in [0.15, 0.2) is 30.5 Å². The molecule has 2 aromatic rings. The number of aromatic nitrogens is 2. The Morgan fingerprint density at radius 1 is 1.21 bits per heavy atom. The van der Waals surface area contributed by atoms with Crippen LogP contribution in [0.1, 0.15) is 0 Å². The molecule has 0 amide bonds. The van der Waals surface area contributed by atoms with Crippen LogP contribution in [-0.4, -0.2) is 23.3 Å². The van der Waals surface area contributed by atoms with Crippen molar-refractivity contribution < 1.29 is 18.8 Å². The number of nitrogens with one attached hydrogen (secondary N) is 1. The number of rotatable bonds is 3. The molecule has 0 radical (unpaired) electrons. The molecule has 1 heterocycles.